The molecule has 0 saturated heterocycles. The Morgan fingerprint density at radius 2 is 2.30 bits per heavy atom. The largest absolute Gasteiger partial charge is 0.464 e. The van der Waals surface area contributed by atoms with Crippen molar-refractivity contribution in [3.63, 3.8) is 0 Å². The SMILES string of the molecule is C=C/C=C(\S)c1cc(-c2ccco2)c(C#N)c(SC/C(N)=N/NN)n1.CC. The van der Waals surface area contributed by atoms with Gasteiger partial charge in [-0.3, -0.25) is 0 Å². The predicted molar refractivity (Wildman–Crippen MR) is 115 cm³/mol. The van der Waals surface area contributed by atoms with Crippen molar-refractivity contribution < 1.29 is 4.42 Å². The van der Waals surface area contributed by atoms with Crippen molar-refractivity contribution in [3.8, 4) is 17.4 Å². The number of amidine groups is 1. The van der Waals surface area contributed by atoms with Crippen LogP contribution in [0.25, 0.3) is 16.2 Å². The highest BCUT2D eigenvalue weighted by atomic mass is 32.2. The number of thiol groups is 1. The minimum atomic E-state index is 0.274. The van der Waals surface area contributed by atoms with Crippen molar-refractivity contribution >= 4 is 35.1 Å². The molecule has 0 spiro atoms. The molecule has 0 aliphatic heterocycles. The summed E-state index contributed by atoms with van der Waals surface area (Å²) in [6.45, 7) is 7.65. The number of pyridine rings is 1. The normalized spacial score (nSPS) is 11.2. The van der Waals surface area contributed by atoms with E-state index < -0.39 is 0 Å². The molecule has 2 aromatic rings. The van der Waals surface area contributed by atoms with Crippen LogP contribution < -0.4 is 17.1 Å². The van der Waals surface area contributed by atoms with Gasteiger partial charge in [-0.1, -0.05) is 38.3 Å². The summed E-state index contributed by atoms with van der Waals surface area (Å²) in [7, 11) is 0. The van der Waals surface area contributed by atoms with Gasteiger partial charge in [0.05, 0.1) is 23.3 Å². The molecular weight excluding hydrogens is 380 g/mol. The van der Waals surface area contributed by atoms with E-state index in [0.717, 1.165) is 0 Å². The fraction of sp³-hybridized carbons (Fsp3) is 0.167. The maximum Gasteiger partial charge on any atom is 0.135 e. The smallest absolute Gasteiger partial charge is 0.135 e. The fourth-order valence-corrected chi connectivity index (χ4v) is 2.98. The summed E-state index contributed by atoms with van der Waals surface area (Å²) in [5, 5.41) is 13.8. The first kappa shape index (κ1) is 22.4. The molecule has 142 valence electrons. The Labute approximate surface area is 168 Å². The molecule has 0 fully saturated rings. The number of allylic oxidation sites excluding steroid dienone is 2. The lowest BCUT2D eigenvalue weighted by atomic mass is 10.1. The van der Waals surface area contributed by atoms with Gasteiger partial charge in [-0.25, -0.2) is 16.4 Å². The first-order valence-corrected chi connectivity index (χ1v) is 9.45. The van der Waals surface area contributed by atoms with Gasteiger partial charge in [-0.2, -0.15) is 10.4 Å². The van der Waals surface area contributed by atoms with E-state index >= 15 is 0 Å². The lowest BCUT2D eigenvalue weighted by Gasteiger charge is -2.10. The van der Waals surface area contributed by atoms with Gasteiger partial charge in [-0.15, -0.1) is 12.6 Å². The third-order valence-electron chi connectivity index (χ3n) is 2.99. The van der Waals surface area contributed by atoms with Crippen LogP contribution in [0.3, 0.4) is 0 Å². The van der Waals surface area contributed by atoms with Gasteiger partial charge in [0.25, 0.3) is 0 Å². The molecule has 9 heteroatoms. The second-order valence-corrected chi connectivity index (χ2v) is 6.08. The van der Waals surface area contributed by atoms with Gasteiger partial charge in [0.1, 0.15) is 22.7 Å². The first-order valence-electron chi connectivity index (χ1n) is 8.02. The van der Waals surface area contributed by atoms with E-state index in [1.165, 1.54) is 11.8 Å². The highest BCUT2D eigenvalue weighted by Gasteiger charge is 2.17. The molecule has 0 aliphatic rings. The molecule has 2 heterocycles. The summed E-state index contributed by atoms with van der Waals surface area (Å²) in [6, 6.07) is 7.46. The molecule has 0 aliphatic carbocycles. The number of hydrazone groups is 1. The van der Waals surface area contributed by atoms with E-state index in [9.17, 15) is 5.26 Å². The Bertz CT molecular complexity index is 853. The Kier molecular flexibility index (Phi) is 9.82. The van der Waals surface area contributed by atoms with Gasteiger partial charge in [0, 0.05) is 10.5 Å². The molecule has 0 bridgehead atoms. The van der Waals surface area contributed by atoms with E-state index in [1.807, 2.05) is 13.8 Å². The van der Waals surface area contributed by atoms with Crippen molar-refractivity contribution in [3.05, 3.63) is 54.5 Å². The Balaban J connectivity index is 0.00000176. The number of rotatable bonds is 7. The second-order valence-electron chi connectivity index (χ2n) is 4.63. The van der Waals surface area contributed by atoms with Crippen LogP contribution in [0.2, 0.25) is 0 Å². The molecule has 2 rings (SSSR count). The molecule has 0 aromatic carbocycles. The summed E-state index contributed by atoms with van der Waals surface area (Å²) in [4.78, 5) is 5.12. The van der Waals surface area contributed by atoms with Crippen LogP contribution >= 0.6 is 24.4 Å². The van der Waals surface area contributed by atoms with Crippen LogP contribution in [0.1, 0.15) is 25.1 Å². The number of nitriles is 1. The lowest BCUT2D eigenvalue weighted by molar-refractivity contribution is 0.582. The maximum atomic E-state index is 9.61. The summed E-state index contributed by atoms with van der Waals surface area (Å²) in [5.41, 5.74) is 9.44. The van der Waals surface area contributed by atoms with Crippen LogP contribution in [0, 0.1) is 11.3 Å². The van der Waals surface area contributed by atoms with Crippen molar-refractivity contribution in [2.24, 2.45) is 16.7 Å². The average molecular weight is 403 g/mol. The molecule has 0 amide bonds. The summed E-state index contributed by atoms with van der Waals surface area (Å²) < 4.78 is 5.45. The van der Waals surface area contributed by atoms with Crippen molar-refractivity contribution in [1.29, 1.82) is 5.26 Å². The average Bonchev–Trinajstić information content (AvgIpc) is 3.22. The molecule has 2 aromatic heterocycles. The standard InChI is InChI=1S/C16H16N6OS2.C2H6/c1-2-4-14(24)12-7-10(13-5-3-6-23-13)11(8-17)16(20-12)25-9-15(18)21-22-19;1-2/h2-7,22,24H,1,9,19H2,(H2,18,21);1-2H3/b14-4-;. The highest BCUT2D eigenvalue weighted by Crippen LogP contribution is 2.33. The van der Waals surface area contributed by atoms with Gasteiger partial charge < -0.3 is 10.2 Å². The van der Waals surface area contributed by atoms with E-state index in [1.54, 1.807) is 36.6 Å². The summed E-state index contributed by atoms with van der Waals surface area (Å²) in [6.07, 6.45) is 4.87. The molecule has 0 unspecified atom stereocenters. The van der Waals surface area contributed by atoms with Crippen LogP contribution in [0.5, 0.6) is 0 Å². The predicted octanol–water partition coefficient (Wildman–Crippen LogP) is 3.52. The van der Waals surface area contributed by atoms with E-state index in [0.29, 0.717) is 38.3 Å². The molecule has 7 nitrogen and oxygen atoms in total. The van der Waals surface area contributed by atoms with Gasteiger partial charge in [0.2, 0.25) is 0 Å². The third kappa shape index (κ3) is 6.21. The zero-order valence-electron chi connectivity index (χ0n) is 15.1. The minimum Gasteiger partial charge on any atom is -0.464 e. The molecule has 27 heavy (non-hydrogen) atoms. The zero-order valence-corrected chi connectivity index (χ0v) is 16.8. The van der Waals surface area contributed by atoms with Crippen molar-refractivity contribution in [1.82, 2.24) is 10.5 Å². The molecular formula is C18H22N6OS2. The maximum absolute atomic E-state index is 9.61. The van der Waals surface area contributed by atoms with Crippen molar-refractivity contribution in [2.45, 2.75) is 18.9 Å². The number of aromatic nitrogens is 1. The Morgan fingerprint density at radius 3 is 2.85 bits per heavy atom. The van der Waals surface area contributed by atoms with E-state index in [2.05, 4.69) is 40.9 Å². The van der Waals surface area contributed by atoms with E-state index in [-0.39, 0.29) is 5.84 Å². The Hall–Kier alpha value is -2.67. The van der Waals surface area contributed by atoms with E-state index in [4.69, 9.17) is 16.0 Å². The zero-order chi connectivity index (χ0) is 20.2. The molecule has 0 atom stereocenters. The fourth-order valence-electron chi connectivity index (χ4n) is 1.95. The number of thioether (sulfide) groups is 1. The third-order valence-corrected chi connectivity index (χ3v) is 4.37. The van der Waals surface area contributed by atoms with Crippen LogP contribution in [0.4, 0.5) is 0 Å². The minimum absolute atomic E-state index is 0.274. The number of nitrogens with zero attached hydrogens (tertiary/aromatic N) is 3. The van der Waals surface area contributed by atoms with Crippen LogP contribution in [-0.4, -0.2) is 16.6 Å². The highest BCUT2D eigenvalue weighted by molar-refractivity contribution is 8.00. The molecule has 0 saturated carbocycles. The van der Waals surface area contributed by atoms with Gasteiger partial charge >= 0.3 is 0 Å². The number of hydrogen-bond acceptors (Lipinski definition) is 8. The number of hydrogen-bond donors (Lipinski definition) is 4. The number of furan rings is 1. The number of nitrogens with two attached hydrogens (primary N) is 2. The first-order chi connectivity index (χ1) is 13.1. The lowest BCUT2D eigenvalue weighted by Crippen LogP contribution is -2.23. The van der Waals surface area contributed by atoms with Gasteiger partial charge in [0.15, 0.2) is 0 Å². The summed E-state index contributed by atoms with van der Waals surface area (Å²) >= 11 is 5.69. The second kappa shape index (κ2) is 11.9. The van der Waals surface area contributed by atoms with Crippen LogP contribution in [-0.2, 0) is 0 Å². The quantitative estimate of drug-likeness (QED) is 0.106. The number of nitrogens with one attached hydrogen (secondary N) is 1. The number of hydrazine groups is 1. The summed E-state index contributed by atoms with van der Waals surface area (Å²) in [5.74, 6) is 6.25. The monoisotopic (exact) mass is 402 g/mol. The van der Waals surface area contributed by atoms with Gasteiger partial charge in [-0.05, 0) is 24.3 Å². The van der Waals surface area contributed by atoms with Crippen molar-refractivity contribution in [2.75, 3.05) is 5.75 Å². The van der Waals surface area contributed by atoms with Crippen LogP contribution in [0.15, 0.2) is 57.7 Å². The Morgan fingerprint density at radius 1 is 1.56 bits per heavy atom. The topological polar surface area (TPSA) is 126 Å². The molecule has 0 radical (unpaired) electrons. The molecule has 5 N–H and O–H groups in total.